The highest BCUT2D eigenvalue weighted by molar-refractivity contribution is 6.62. The van der Waals surface area contributed by atoms with Crippen molar-refractivity contribution in [3.8, 4) is 11.1 Å². The summed E-state index contributed by atoms with van der Waals surface area (Å²) in [6.45, 7) is 20.6. The van der Waals surface area contributed by atoms with Crippen molar-refractivity contribution in [2.24, 2.45) is 0 Å². The van der Waals surface area contributed by atoms with Gasteiger partial charge in [0.2, 0.25) is 0 Å². The molecule has 0 spiro atoms. The van der Waals surface area contributed by atoms with E-state index in [0.717, 1.165) is 5.46 Å². The quantitative estimate of drug-likeness (QED) is 0.166. The molecule has 0 saturated carbocycles. The number of fused-ring (bicyclic) bond motifs is 5. The minimum absolute atomic E-state index is 0.347. The van der Waals surface area contributed by atoms with Crippen LogP contribution in [0.4, 0.5) is 0 Å². The van der Waals surface area contributed by atoms with Crippen molar-refractivity contribution in [2.45, 2.75) is 86.9 Å². The molecule has 5 aromatic carbocycles. The van der Waals surface area contributed by atoms with Crippen LogP contribution in [-0.4, -0.2) is 18.3 Å². The average molecular weight is 535 g/mol. The molecular formula is C37H47BO2. The zero-order chi connectivity index (χ0) is 29.5. The lowest BCUT2D eigenvalue weighted by atomic mass is 9.78. The molecule has 1 aliphatic heterocycles. The Hall–Kier alpha value is -3.14. The summed E-state index contributed by atoms with van der Waals surface area (Å²) in [5.41, 5.74) is 2.88. The van der Waals surface area contributed by atoms with Gasteiger partial charge in [0.25, 0.3) is 0 Å². The Kier molecular flexibility index (Phi) is 10.6. The van der Waals surface area contributed by atoms with Crippen molar-refractivity contribution in [3.63, 3.8) is 0 Å². The lowest BCUT2D eigenvalue weighted by Crippen LogP contribution is -2.41. The molecular weight excluding hydrogens is 487 g/mol. The van der Waals surface area contributed by atoms with Gasteiger partial charge in [-0.25, -0.2) is 0 Å². The van der Waals surface area contributed by atoms with Gasteiger partial charge in [-0.1, -0.05) is 133 Å². The number of rotatable bonds is 2. The average Bonchev–Trinajstić information content (AvgIpc) is 3.21. The highest BCUT2D eigenvalue weighted by Gasteiger charge is 2.51. The summed E-state index contributed by atoms with van der Waals surface area (Å²) < 4.78 is 12.6. The van der Waals surface area contributed by atoms with E-state index in [0.29, 0.717) is 0 Å². The molecule has 0 bridgehead atoms. The van der Waals surface area contributed by atoms with Gasteiger partial charge in [0.15, 0.2) is 0 Å². The Bertz CT molecular complexity index is 1520. The molecule has 1 heterocycles. The minimum atomic E-state index is -0.354. The van der Waals surface area contributed by atoms with Crippen LogP contribution in [0.15, 0.2) is 91.0 Å². The summed E-state index contributed by atoms with van der Waals surface area (Å²) in [5, 5.41) is 7.56. The number of hydrogen-bond acceptors (Lipinski definition) is 2. The molecule has 0 aromatic heterocycles. The van der Waals surface area contributed by atoms with Crippen molar-refractivity contribution in [1.29, 1.82) is 0 Å². The molecule has 3 heteroatoms. The topological polar surface area (TPSA) is 18.5 Å². The van der Waals surface area contributed by atoms with Gasteiger partial charge in [0, 0.05) is 0 Å². The van der Waals surface area contributed by atoms with Crippen molar-refractivity contribution < 1.29 is 9.31 Å². The van der Waals surface area contributed by atoms with Crippen LogP contribution in [0.1, 0.15) is 75.7 Å². The molecule has 0 aliphatic carbocycles. The van der Waals surface area contributed by atoms with Crippen molar-refractivity contribution in [2.75, 3.05) is 0 Å². The SMILES string of the molecule is CC.CC.CC1(C)OB(c2ccc3c(ccc4cc(-c5ccccc5)c5ccccc5c43)c2)OC1(C)C.CCC. The molecule has 0 amide bonds. The second kappa shape index (κ2) is 13.5. The van der Waals surface area contributed by atoms with Gasteiger partial charge in [-0.2, -0.15) is 0 Å². The number of hydrogen-bond donors (Lipinski definition) is 0. The third kappa shape index (κ3) is 6.11. The van der Waals surface area contributed by atoms with Crippen LogP contribution in [0.2, 0.25) is 0 Å². The van der Waals surface area contributed by atoms with E-state index in [9.17, 15) is 0 Å². The lowest BCUT2D eigenvalue weighted by molar-refractivity contribution is 0.00578. The van der Waals surface area contributed by atoms with Gasteiger partial charge in [0.1, 0.15) is 0 Å². The monoisotopic (exact) mass is 534 g/mol. The van der Waals surface area contributed by atoms with E-state index in [2.05, 4.69) is 133 Å². The molecule has 6 rings (SSSR count). The van der Waals surface area contributed by atoms with Crippen LogP contribution < -0.4 is 5.46 Å². The largest absolute Gasteiger partial charge is 0.494 e. The zero-order valence-corrected chi connectivity index (χ0v) is 26.3. The maximum atomic E-state index is 6.30. The van der Waals surface area contributed by atoms with E-state index in [-0.39, 0.29) is 18.3 Å². The molecule has 2 nitrogen and oxygen atoms in total. The fourth-order valence-electron chi connectivity index (χ4n) is 4.94. The summed E-state index contributed by atoms with van der Waals surface area (Å²) in [6, 6.07) is 32.8. The Morgan fingerprint density at radius 3 is 1.70 bits per heavy atom. The van der Waals surface area contributed by atoms with Crippen LogP contribution in [0, 0.1) is 0 Å². The van der Waals surface area contributed by atoms with Crippen LogP contribution in [0.5, 0.6) is 0 Å². The normalized spacial score (nSPS) is 15.0. The van der Waals surface area contributed by atoms with E-state index in [1.165, 1.54) is 49.9 Å². The van der Waals surface area contributed by atoms with Crippen LogP contribution in [0.25, 0.3) is 43.4 Å². The molecule has 1 aliphatic rings. The summed E-state index contributed by atoms with van der Waals surface area (Å²) in [7, 11) is -0.354. The van der Waals surface area contributed by atoms with E-state index in [1.807, 2.05) is 27.7 Å². The predicted molar refractivity (Wildman–Crippen MR) is 179 cm³/mol. The van der Waals surface area contributed by atoms with Gasteiger partial charge in [-0.05, 0) is 82.7 Å². The Labute approximate surface area is 242 Å². The molecule has 1 fully saturated rings. The molecule has 0 unspecified atom stereocenters. The molecule has 1 saturated heterocycles. The predicted octanol–water partition coefficient (Wildman–Crippen LogP) is 10.6. The van der Waals surface area contributed by atoms with Gasteiger partial charge in [0.05, 0.1) is 11.2 Å². The maximum absolute atomic E-state index is 6.30. The maximum Gasteiger partial charge on any atom is 0.494 e. The highest BCUT2D eigenvalue weighted by atomic mass is 16.7. The van der Waals surface area contributed by atoms with Crippen LogP contribution in [0.3, 0.4) is 0 Å². The summed E-state index contributed by atoms with van der Waals surface area (Å²) >= 11 is 0. The summed E-state index contributed by atoms with van der Waals surface area (Å²) in [5.74, 6) is 0. The van der Waals surface area contributed by atoms with E-state index in [4.69, 9.17) is 9.31 Å². The van der Waals surface area contributed by atoms with Crippen molar-refractivity contribution in [1.82, 2.24) is 0 Å². The summed E-state index contributed by atoms with van der Waals surface area (Å²) in [6.07, 6.45) is 1.25. The first-order valence-electron chi connectivity index (χ1n) is 15.0. The first-order chi connectivity index (χ1) is 19.3. The van der Waals surface area contributed by atoms with Gasteiger partial charge >= 0.3 is 7.12 Å². The lowest BCUT2D eigenvalue weighted by Gasteiger charge is -2.32. The van der Waals surface area contributed by atoms with E-state index in [1.54, 1.807) is 0 Å². The Morgan fingerprint density at radius 2 is 1.10 bits per heavy atom. The smallest absolute Gasteiger partial charge is 0.399 e. The summed E-state index contributed by atoms with van der Waals surface area (Å²) in [4.78, 5) is 0. The van der Waals surface area contributed by atoms with E-state index < -0.39 is 0 Å². The van der Waals surface area contributed by atoms with Gasteiger partial charge < -0.3 is 9.31 Å². The van der Waals surface area contributed by atoms with Crippen molar-refractivity contribution in [3.05, 3.63) is 91.0 Å². The Morgan fingerprint density at radius 1 is 0.575 bits per heavy atom. The molecule has 0 radical (unpaired) electrons. The second-order valence-electron chi connectivity index (χ2n) is 10.8. The minimum Gasteiger partial charge on any atom is -0.399 e. The Balaban J connectivity index is 0.000000581. The first kappa shape index (κ1) is 31.4. The third-order valence-corrected chi connectivity index (χ3v) is 7.47. The molecule has 0 atom stereocenters. The fraction of sp³-hybridized carbons (Fsp3) is 0.351. The molecule has 0 N–H and O–H groups in total. The van der Waals surface area contributed by atoms with Crippen molar-refractivity contribution >= 4 is 44.9 Å². The third-order valence-electron chi connectivity index (χ3n) is 7.47. The second-order valence-corrected chi connectivity index (χ2v) is 10.8. The standard InChI is InChI=1S/C30H27BO2.C3H8.2C2H6/c1-29(2)30(3,4)33-31(32-29)23-16-17-24-21(18-23)14-15-22-19-27(20-10-6-5-7-11-20)25-12-8-9-13-26(25)28(22)24;1-3-2;2*1-2/h5-19H,1-4H3;3H2,1-2H3;2*1-2H3. The molecule has 210 valence electrons. The molecule has 5 aromatic rings. The van der Waals surface area contributed by atoms with Crippen LogP contribution >= 0.6 is 0 Å². The van der Waals surface area contributed by atoms with Gasteiger partial charge in [-0.15, -0.1) is 0 Å². The van der Waals surface area contributed by atoms with E-state index >= 15 is 0 Å². The first-order valence-corrected chi connectivity index (χ1v) is 15.0. The highest BCUT2D eigenvalue weighted by Crippen LogP contribution is 2.39. The number of benzene rings is 5. The van der Waals surface area contributed by atoms with Gasteiger partial charge in [-0.3, -0.25) is 0 Å². The fourth-order valence-corrected chi connectivity index (χ4v) is 4.94. The van der Waals surface area contributed by atoms with Crippen LogP contribution in [-0.2, 0) is 9.31 Å². The molecule has 40 heavy (non-hydrogen) atoms. The zero-order valence-electron chi connectivity index (χ0n) is 26.3.